The molecule has 0 N–H and O–H groups in total. The molecule has 1 amide bonds. The van der Waals surface area contributed by atoms with E-state index in [0.717, 1.165) is 24.0 Å². The summed E-state index contributed by atoms with van der Waals surface area (Å²) in [6, 6.07) is 5.49. The lowest BCUT2D eigenvalue weighted by Gasteiger charge is -2.17. The molecule has 0 spiro atoms. The molecular weight excluding hydrogens is 314 g/mol. The number of halogens is 2. The summed E-state index contributed by atoms with van der Waals surface area (Å²) in [6.07, 6.45) is 3.51. The number of likely N-dealkylation sites (tertiary alicyclic amines) is 1. The van der Waals surface area contributed by atoms with E-state index in [9.17, 15) is 4.79 Å². The highest BCUT2D eigenvalue weighted by atomic mass is 79.9. The molecule has 98 valence electrons. The van der Waals surface area contributed by atoms with Gasteiger partial charge in [0.1, 0.15) is 0 Å². The van der Waals surface area contributed by atoms with Gasteiger partial charge >= 0.3 is 0 Å². The average Bonchev–Trinajstić information content (AvgIpc) is 2.81. The third-order valence-electron chi connectivity index (χ3n) is 3.45. The normalized spacial score (nSPS) is 19.3. The van der Waals surface area contributed by atoms with E-state index in [1.54, 1.807) is 6.07 Å². The Morgan fingerprint density at radius 2 is 2.33 bits per heavy atom. The standard InChI is InChI=1S/C14H17BrClNO/c1-2-4-10-7-8-17(9-10)14(18)11-5-3-6-12(15)13(11)16/h3,5-6,10H,2,4,7-9H2,1H3. The Morgan fingerprint density at radius 1 is 1.56 bits per heavy atom. The van der Waals surface area contributed by atoms with E-state index in [1.807, 2.05) is 17.0 Å². The number of hydrogen-bond acceptors (Lipinski definition) is 1. The second-order valence-electron chi connectivity index (χ2n) is 4.80. The minimum absolute atomic E-state index is 0.0555. The minimum Gasteiger partial charge on any atom is -0.338 e. The molecule has 1 aromatic carbocycles. The van der Waals surface area contributed by atoms with E-state index in [0.29, 0.717) is 16.5 Å². The molecule has 0 radical (unpaired) electrons. The lowest BCUT2D eigenvalue weighted by atomic mass is 10.0. The average molecular weight is 331 g/mol. The van der Waals surface area contributed by atoms with Crippen LogP contribution in [-0.2, 0) is 0 Å². The molecule has 0 aliphatic carbocycles. The van der Waals surface area contributed by atoms with E-state index < -0.39 is 0 Å². The predicted octanol–water partition coefficient (Wildman–Crippen LogP) is 4.36. The Labute approximate surface area is 121 Å². The molecule has 1 fully saturated rings. The van der Waals surface area contributed by atoms with Crippen molar-refractivity contribution in [1.29, 1.82) is 0 Å². The number of amides is 1. The molecular formula is C14H17BrClNO. The van der Waals surface area contributed by atoms with Crippen LogP contribution >= 0.6 is 27.5 Å². The zero-order valence-electron chi connectivity index (χ0n) is 10.5. The van der Waals surface area contributed by atoms with Gasteiger partial charge in [-0.1, -0.05) is 31.0 Å². The summed E-state index contributed by atoms with van der Waals surface area (Å²) in [6.45, 7) is 3.91. The lowest BCUT2D eigenvalue weighted by Crippen LogP contribution is -2.29. The van der Waals surface area contributed by atoms with Gasteiger partial charge < -0.3 is 4.90 Å². The highest BCUT2D eigenvalue weighted by molar-refractivity contribution is 9.10. The maximum atomic E-state index is 12.4. The van der Waals surface area contributed by atoms with Crippen LogP contribution in [0.25, 0.3) is 0 Å². The van der Waals surface area contributed by atoms with Gasteiger partial charge in [-0.15, -0.1) is 0 Å². The summed E-state index contributed by atoms with van der Waals surface area (Å²) >= 11 is 9.53. The van der Waals surface area contributed by atoms with Crippen LogP contribution in [0.15, 0.2) is 22.7 Å². The number of nitrogens with zero attached hydrogens (tertiary/aromatic N) is 1. The van der Waals surface area contributed by atoms with Crippen molar-refractivity contribution in [3.63, 3.8) is 0 Å². The van der Waals surface area contributed by atoms with Gasteiger partial charge in [-0.2, -0.15) is 0 Å². The van der Waals surface area contributed by atoms with Crippen LogP contribution in [0.1, 0.15) is 36.5 Å². The number of hydrogen-bond donors (Lipinski definition) is 0. The van der Waals surface area contributed by atoms with Crippen molar-refractivity contribution in [2.75, 3.05) is 13.1 Å². The van der Waals surface area contributed by atoms with Crippen LogP contribution in [0.4, 0.5) is 0 Å². The summed E-state index contributed by atoms with van der Waals surface area (Å²) < 4.78 is 0.777. The van der Waals surface area contributed by atoms with Crippen LogP contribution in [0.5, 0.6) is 0 Å². The maximum absolute atomic E-state index is 12.4. The minimum atomic E-state index is 0.0555. The molecule has 0 saturated carbocycles. The molecule has 1 aromatic rings. The summed E-state index contributed by atoms with van der Waals surface area (Å²) in [4.78, 5) is 14.3. The fraction of sp³-hybridized carbons (Fsp3) is 0.500. The van der Waals surface area contributed by atoms with E-state index in [2.05, 4.69) is 22.9 Å². The fourth-order valence-corrected chi connectivity index (χ4v) is 3.07. The van der Waals surface area contributed by atoms with Crippen LogP contribution in [-0.4, -0.2) is 23.9 Å². The molecule has 2 nitrogen and oxygen atoms in total. The van der Waals surface area contributed by atoms with Crippen molar-refractivity contribution in [3.05, 3.63) is 33.3 Å². The second-order valence-corrected chi connectivity index (χ2v) is 6.03. The molecule has 1 atom stereocenters. The van der Waals surface area contributed by atoms with Crippen LogP contribution in [0, 0.1) is 5.92 Å². The summed E-state index contributed by atoms with van der Waals surface area (Å²) in [7, 11) is 0. The van der Waals surface area contributed by atoms with Crippen LogP contribution < -0.4 is 0 Å². The summed E-state index contributed by atoms with van der Waals surface area (Å²) in [5.74, 6) is 0.713. The van der Waals surface area contributed by atoms with Crippen molar-refractivity contribution in [1.82, 2.24) is 4.90 Å². The Morgan fingerprint density at radius 3 is 3.06 bits per heavy atom. The van der Waals surface area contributed by atoms with Crippen LogP contribution in [0.2, 0.25) is 5.02 Å². The SMILES string of the molecule is CCCC1CCN(C(=O)c2cccc(Br)c2Cl)C1. The van der Waals surface area contributed by atoms with E-state index in [1.165, 1.54) is 12.8 Å². The van der Waals surface area contributed by atoms with Gasteiger partial charge in [-0.25, -0.2) is 0 Å². The van der Waals surface area contributed by atoms with Gasteiger partial charge in [0, 0.05) is 17.6 Å². The second kappa shape index (κ2) is 6.07. The highest BCUT2D eigenvalue weighted by Crippen LogP contribution is 2.29. The molecule has 0 aromatic heterocycles. The topological polar surface area (TPSA) is 20.3 Å². The molecule has 1 aliphatic rings. The number of carbonyl (C=O) groups is 1. The predicted molar refractivity (Wildman–Crippen MR) is 78.1 cm³/mol. The first-order valence-electron chi connectivity index (χ1n) is 6.36. The maximum Gasteiger partial charge on any atom is 0.255 e. The molecule has 4 heteroatoms. The monoisotopic (exact) mass is 329 g/mol. The number of carbonyl (C=O) groups excluding carboxylic acids is 1. The van der Waals surface area contributed by atoms with Crippen LogP contribution in [0.3, 0.4) is 0 Å². The van der Waals surface area contributed by atoms with Gasteiger partial charge in [0.25, 0.3) is 5.91 Å². The third-order valence-corrected chi connectivity index (χ3v) is 4.75. The largest absolute Gasteiger partial charge is 0.338 e. The van der Waals surface area contributed by atoms with Gasteiger partial charge in [0.05, 0.1) is 10.6 Å². The van der Waals surface area contributed by atoms with Gasteiger partial charge in [-0.05, 0) is 46.8 Å². The van der Waals surface area contributed by atoms with Crippen molar-refractivity contribution < 1.29 is 4.79 Å². The molecule has 18 heavy (non-hydrogen) atoms. The summed E-state index contributed by atoms with van der Waals surface area (Å²) in [5, 5.41) is 0.515. The molecule has 1 unspecified atom stereocenters. The first kappa shape index (κ1) is 13.9. The Kier molecular flexibility index (Phi) is 4.68. The molecule has 1 heterocycles. The Hall–Kier alpha value is -0.540. The summed E-state index contributed by atoms with van der Waals surface area (Å²) in [5.41, 5.74) is 0.600. The zero-order valence-corrected chi connectivity index (χ0v) is 12.8. The Balaban J connectivity index is 2.11. The third kappa shape index (κ3) is 2.89. The van der Waals surface area contributed by atoms with Crippen molar-refractivity contribution >= 4 is 33.4 Å². The van der Waals surface area contributed by atoms with Gasteiger partial charge in [-0.3, -0.25) is 4.79 Å². The molecule has 1 aliphatic heterocycles. The van der Waals surface area contributed by atoms with E-state index in [4.69, 9.17) is 11.6 Å². The smallest absolute Gasteiger partial charge is 0.255 e. The highest BCUT2D eigenvalue weighted by Gasteiger charge is 2.27. The lowest BCUT2D eigenvalue weighted by molar-refractivity contribution is 0.0786. The van der Waals surface area contributed by atoms with E-state index in [-0.39, 0.29) is 5.91 Å². The van der Waals surface area contributed by atoms with Crippen molar-refractivity contribution in [3.8, 4) is 0 Å². The first-order valence-corrected chi connectivity index (χ1v) is 7.53. The number of rotatable bonds is 3. The Bertz CT molecular complexity index is 449. The number of benzene rings is 1. The van der Waals surface area contributed by atoms with E-state index >= 15 is 0 Å². The quantitative estimate of drug-likeness (QED) is 0.806. The van der Waals surface area contributed by atoms with Gasteiger partial charge in [0.2, 0.25) is 0 Å². The molecule has 0 bridgehead atoms. The molecule has 1 saturated heterocycles. The van der Waals surface area contributed by atoms with Crippen molar-refractivity contribution in [2.24, 2.45) is 5.92 Å². The fourth-order valence-electron chi connectivity index (χ4n) is 2.50. The first-order chi connectivity index (χ1) is 8.63. The molecule has 2 rings (SSSR count). The van der Waals surface area contributed by atoms with Gasteiger partial charge in [0.15, 0.2) is 0 Å². The van der Waals surface area contributed by atoms with Crippen molar-refractivity contribution in [2.45, 2.75) is 26.2 Å². The zero-order chi connectivity index (χ0) is 13.1.